The summed E-state index contributed by atoms with van der Waals surface area (Å²) in [5.41, 5.74) is 5.35. The highest BCUT2D eigenvalue weighted by Gasteiger charge is 2.35. The Morgan fingerprint density at radius 3 is 2.22 bits per heavy atom. The van der Waals surface area contributed by atoms with E-state index in [0.717, 1.165) is 16.7 Å². The molecule has 0 saturated carbocycles. The number of para-hydroxylation sites is 1. The van der Waals surface area contributed by atoms with E-state index in [1.807, 2.05) is 63.2 Å². The predicted molar refractivity (Wildman–Crippen MR) is 124 cm³/mol. The van der Waals surface area contributed by atoms with Gasteiger partial charge in [-0.3, -0.25) is 15.0 Å². The summed E-state index contributed by atoms with van der Waals surface area (Å²) in [7, 11) is 0. The number of nitrogens with zero attached hydrogens (tertiary/aromatic N) is 1. The molecule has 7 nitrogen and oxygen atoms in total. The zero-order chi connectivity index (χ0) is 23.6. The Morgan fingerprint density at radius 2 is 1.59 bits per heavy atom. The molecule has 0 radical (unpaired) electrons. The number of rotatable bonds is 4. The van der Waals surface area contributed by atoms with Gasteiger partial charge in [0.1, 0.15) is 11.6 Å². The molecular weight excluding hydrogens is 406 g/mol. The monoisotopic (exact) mass is 437 g/mol. The molecular formula is C25H31N3O4. The van der Waals surface area contributed by atoms with Crippen LogP contribution >= 0.6 is 0 Å². The van der Waals surface area contributed by atoms with Gasteiger partial charge in [-0.25, -0.2) is 9.80 Å². The van der Waals surface area contributed by atoms with Gasteiger partial charge in [0.05, 0.1) is 11.6 Å². The number of alkyl carbamates (subject to hydrolysis) is 1. The van der Waals surface area contributed by atoms with E-state index in [4.69, 9.17) is 4.74 Å². The van der Waals surface area contributed by atoms with E-state index in [0.29, 0.717) is 5.69 Å². The van der Waals surface area contributed by atoms with Crippen LogP contribution < -0.4 is 15.8 Å². The fourth-order valence-corrected chi connectivity index (χ4v) is 3.73. The van der Waals surface area contributed by atoms with Crippen molar-refractivity contribution in [2.75, 3.05) is 5.01 Å². The lowest BCUT2D eigenvalue weighted by Gasteiger charge is -2.29. The van der Waals surface area contributed by atoms with Gasteiger partial charge in [0.25, 0.3) is 11.8 Å². The first-order valence-corrected chi connectivity index (χ1v) is 10.8. The van der Waals surface area contributed by atoms with Crippen LogP contribution in [0.25, 0.3) is 11.1 Å². The summed E-state index contributed by atoms with van der Waals surface area (Å²) in [5, 5.41) is 3.93. The molecule has 0 bridgehead atoms. The third-order valence-electron chi connectivity index (χ3n) is 5.30. The van der Waals surface area contributed by atoms with Crippen LogP contribution in [0.1, 0.15) is 53.0 Å². The number of hydrogen-bond acceptors (Lipinski definition) is 4. The van der Waals surface area contributed by atoms with Gasteiger partial charge >= 0.3 is 6.09 Å². The minimum Gasteiger partial charge on any atom is -0.444 e. The third-order valence-corrected chi connectivity index (χ3v) is 5.30. The number of amides is 3. The molecule has 1 heterocycles. The van der Waals surface area contributed by atoms with Crippen LogP contribution in [-0.4, -0.2) is 29.6 Å². The van der Waals surface area contributed by atoms with Crippen molar-refractivity contribution in [1.82, 2.24) is 10.7 Å². The number of hydrazine groups is 1. The molecule has 2 aromatic carbocycles. The fourth-order valence-electron chi connectivity index (χ4n) is 3.73. The molecule has 0 fully saturated rings. The molecule has 1 aliphatic rings. The van der Waals surface area contributed by atoms with E-state index in [1.54, 1.807) is 26.8 Å². The molecule has 0 unspecified atom stereocenters. The minimum absolute atomic E-state index is 0.227. The normalized spacial score (nSPS) is 16.5. The molecule has 3 amide bonds. The highest BCUT2D eigenvalue weighted by atomic mass is 16.6. The van der Waals surface area contributed by atoms with Crippen LogP contribution in [0, 0.1) is 5.92 Å². The van der Waals surface area contributed by atoms with Crippen molar-refractivity contribution in [2.45, 2.75) is 59.1 Å². The van der Waals surface area contributed by atoms with Crippen molar-refractivity contribution < 1.29 is 19.1 Å². The Hall–Kier alpha value is -3.35. The fraction of sp³-hybridized carbons (Fsp3) is 0.400. The quantitative estimate of drug-likeness (QED) is 0.743. The molecule has 0 aromatic heterocycles. The first-order chi connectivity index (χ1) is 15.0. The number of nitrogens with one attached hydrogen (secondary N) is 2. The minimum atomic E-state index is -0.884. The Morgan fingerprint density at radius 1 is 1.00 bits per heavy atom. The van der Waals surface area contributed by atoms with Gasteiger partial charge < -0.3 is 10.1 Å². The Kier molecular flexibility index (Phi) is 6.57. The standard InChI is InChI=1S/C25H31N3O4/c1-15(2)21(26-24(31)32-25(4,5)6)22(29)27-28-20-14-10-9-13-19(20)18-12-8-7-11-17(18)16(3)23(28)30/h7-16,21H,1-6H3,(H,26,31)(H,27,29)/t16-,21-/m0/s1. The largest absolute Gasteiger partial charge is 0.444 e. The van der Waals surface area contributed by atoms with E-state index in [-0.39, 0.29) is 11.8 Å². The summed E-state index contributed by atoms with van der Waals surface area (Å²) < 4.78 is 5.30. The van der Waals surface area contributed by atoms with Gasteiger partial charge in [0.2, 0.25) is 0 Å². The molecule has 0 spiro atoms. The maximum absolute atomic E-state index is 13.4. The number of ether oxygens (including phenoxy) is 1. The number of carbonyl (C=O) groups excluding carboxylic acids is 3. The van der Waals surface area contributed by atoms with Crippen molar-refractivity contribution in [2.24, 2.45) is 5.92 Å². The zero-order valence-electron chi connectivity index (χ0n) is 19.4. The maximum atomic E-state index is 13.4. The molecule has 170 valence electrons. The lowest BCUT2D eigenvalue weighted by atomic mass is 9.92. The van der Waals surface area contributed by atoms with Gasteiger partial charge in [-0.2, -0.15) is 0 Å². The second kappa shape index (κ2) is 9.02. The summed E-state index contributed by atoms with van der Waals surface area (Å²) >= 11 is 0. The third kappa shape index (κ3) is 4.93. The van der Waals surface area contributed by atoms with E-state index in [9.17, 15) is 14.4 Å². The first kappa shape index (κ1) is 23.3. The lowest BCUT2D eigenvalue weighted by Crippen LogP contribution is -2.57. The van der Waals surface area contributed by atoms with Gasteiger partial charge in [-0.05, 0) is 50.8 Å². The Labute approximate surface area is 189 Å². The van der Waals surface area contributed by atoms with Crippen LogP contribution in [0.2, 0.25) is 0 Å². The average Bonchev–Trinajstić information content (AvgIpc) is 2.80. The topological polar surface area (TPSA) is 87.7 Å². The Bertz CT molecular complexity index is 1030. The molecule has 3 rings (SSSR count). The highest BCUT2D eigenvalue weighted by Crippen LogP contribution is 2.40. The second-order valence-electron chi connectivity index (χ2n) is 9.34. The maximum Gasteiger partial charge on any atom is 0.408 e. The number of hydrogen-bond donors (Lipinski definition) is 2. The zero-order valence-corrected chi connectivity index (χ0v) is 19.4. The molecule has 2 atom stereocenters. The molecule has 7 heteroatoms. The molecule has 1 aliphatic heterocycles. The number of anilines is 1. The number of fused-ring (bicyclic) bond motifs is 3. The van der Waals surface area contributed by atoms with Crippen LogP contribution in [0.5, 0.6) is 0 Å². The molecule has 0 saturated heterocycles. The molecule has 2 N–H and O–H groups in total. The van der Waals surface area contributed by atoms with Crippen LogP contribution in [0.15, 0.2) is 48.5 Å². The SMILES string of the molecule is CC(C)[C@H](NC(=O)OC(C)(C)C)C(=O)NN1C(=O)[C@@H](C)c2ccccc2-c2ccccc21. The second-order valence-corrected chi connectivity index (χ2v) is 9.34. The highest BCUT2D eigenvalue weighted by molar-refractivity contribution is 6.06. The average molecular weight is 438 g/mol. The smallest absolute Gasteiger partial charge is 0.408 e. The van der Waals surface area contributed by atoms with Crippen molar-refractivity contribution in [3.8, 4) is 11.1 Å². The molecule has 2 aromatic rings. The van der Waals surface area contributed by atoms with Crippen molar-refractivity contribution in [1.29, 1.82) is 0 Å². The van der Waals surface area contributed by atoms with Crippen LogP contribution in [0.3, 0.4) is 0 Å². The summed E-state index contributed by atoms with van der Waals surface area (Å²) in [6, 6.07) is 14.3. The van der Waals surface area contributed by atoms with Crippen LogP contribution in [-0.2, 0) is 14.3 Å². The number of carbonyl (C=O) groups is 3. The van der Waals surface area contributed by atoms with E-state index >= 15 is 0 Å². The van der Waals surface area contributed by atoms with Crippen molar-refractivity contribution in [3.05, 3.63) is 54.1 Å². The Balaban J connectivity index is 1.92. The summed E-state index contributed by atoms with van der Waals surface area (Å²) in [6.07, 6.45) is -0.685. The van der Waals surface area contributed by atoms with Crippen LogP contribution in [0.4, 0.5) is 10.5 Å². The van der Waals surface area contributed by atoms with Gasteiger partial charge in [0.15, 0.2) is 0 Å². The molecule has 0 aliphatic carbocycles. The first-order valence-electron chi connectivity index (χ1n) is 10.8. The van der Waals surface area contributed by atoms with E-state index in [2.05, 4.69) is 10.7 Å². The summed E-state index contributed by atoms with van der Waals surface area (Å²) in [5.74, 6) is -1.44. The van der Waals surface area contributed by atoms with Gasteiger partial charge in [-0.1, -0.05) is 56.3 Å². The number of benzene rings is 2. The lowest BCUT2D eigenvalue weighted by molar-refractivity contribution is -0.128. The summed E-state index contributed by atoms with van der Waals surface area (Å²) in [4.78, 5) is 38.9. The van der Waals surface area contributed by atoms with Gasteiger partial charge in [0, 0.05) is 5.56 Å². The van der Waals surface area contributed by atoms with Gasteiger partial charge in [-0.15, -0.1) is 0 Å². The van der Waals surface area contributed by atoms with E-state index in [1.165, 1.54) is 5.01 Å². The predicted octanol–water partition coefficient (Wildman–Crippen LogP) is 4.38. The van der Waals surface area contributed by atoms with Crippen molar-refractivity contribution in [3.63, 3.8) is 0 Å². The van der Waals surface area contributed by atoms with E-state index < -0.39 is 29.6 Å². The van der Waals surface area contributed by atoms with Crippen molar-refractivity contribution >= 4 is 23.6 Å². The summed E-state index contributed by atoms with van der Waals surface area (Å²) in [6.45, 7) is 10.7. The molecule has 32 heavy (non-hydrogen) atoms.